The Balaban J connectivity index is 0.000000316. The molecule has 9 nitrogen and oxygen atoms in total. The molecule has 0 saturated heterocycles. The first-order valence-corrected chi connectivity index (χ1v) is 51.7. The summed E-state index contributed by atoms with van der Waals surface area (Å²) in [7, 11) is -4.69. The number of fused-ring (bicyclic) bond motifs is 3. The van der Waals surface area contributed by atoms with Crippen molar-refractivity contribution in [2.75, 3.05) is 0 Å². The van der Waals surface area contributed by atoms with Gasteiger partial charge in [0.2, 0.25) is 0 Å². The molecule has 0 atom stereocenters. The molecular formula is C105H126Ir3N3O6Si3-3. The van der Waals surface area contributed by atoms with E-state index in [1.807, 2.05) is 83.1 Å². The average molecular weight is 2190 g/mol. The number of carbonyl (C=O) groups is 3. The number of ketones is 3. The van der Waals surface area contributed by atoms with Crippen molar-refractivity contribution in [3.05, 3.63) is 287 Å². The van der Waals surface area contributed by atoms with Crippen molar-refractivity contribution >= 4 is 89.8 Å². The van der Waals surface area contributed by atoms with Crippen LogP contribution in [-0.4, -0.2) is 71.8 Å². The van der Waals surface area contributed by atoms with Crippen molar-refractivity contribution in [2.24, 2.45) is 35.5 Å². The molecule has 3 heterocycles. The van der Waals surface area contributed by atoms with Crippen molar-refractivity contribution in [1.29, 1.82) is 0 Å². The Morgan fingerprint density at radius 3 is 1.04 bits per heavy atom. The van der Waals surface area contributed by atoms with E-state index in [0.717, 1.165) is 67.0 Å². The third-order valence-electron chi connectivity index (χ3n) is 19.8. The average Bonchev–Trinajstić information content (AvgIpc) is 0.772. The molecule has 120 heavy (non-hydrogen) atoms. The fraction of sp³-hybridized carbons (Fsp3) is 0.314. The van der Waals surface area contributed by atoms with Crippen molar-refractivity contribution in [3.8, 4) is 67.2 Å². The first-order chi connectivity index (χ1) is 54.8. The smallest absolute Gasteiger partial charge is 0.161 e. The predicted molar refractivity (Wildman–Crippen MR) is 508 cm³/mol. The first-order valence-electron chi connectivity index (χ1n) is 41.2. The van der Waals surface area contributed by atoms with Crippen LogP contribution in [0.1, 0.15) is 116 Å². The van der Waals surface area contributed by atoms with Crippen molar-refractivity contribution in [1.82, 2.24) is 15.0 Å². The normalized spacial score (nSPS) is 11.7. The maximum absolute atomic E-state index is 11.0. The van der Waals surface area contributed by atoms with Gasteiger partial charge in [-0.25, -0.2) is 0 Å². The van der Waals surface area contributed by atoms with Crippen LogP contribution >= 0.6 is 0 Å². The minimum absolute atomic E-state index is 0. The number of nitrogens with zero attached hydrogens (tertiary/aromatic N) is 3. The van der Waals surface area contributed by atoms with Crippen molar-refractivity contribution in [2.45, 2.75) is 184 Å². The molecule has 0 bridgehead atoms. The summed E-state index contributed by atoms with van der Waals surface area (Å²) < 4.78 is 0. The standard InChI is InChI=1S/3C26H26NSi.3C9H16O2.3Ir/c1-18-15-19(2)17-21(16-18)24-13-12-23-25(27-24)14-11-22(26(23)28(3,4)5)20-9-7-6-8-10-20;1-18-13-19(2)15-22(14-18)24-12-11-21-16-23(20-9-7-6-8-10-20)26(28(3,4)5)17-25(21)27-24;1-18-13-19(2)15-22(14-18)25-17-26(28(3,4)5)23-16-21(11-12-24(23)27-25)20-9-7-6-8-10-20;3*1-6(2)8(10)5-9(11)7(3)4;;;/h6-16H,1-5H3;2*6-14,16-17H,1-5H3;3*5-7,10H,1-4H3;;;/q3*-1;;;;;;. The van der Waals surface area contributed by atoms with Gasteiger partial charge in [0.15, 0.2) is 17.3 Å². The van der Waals surface area contributed by atoms with Crippen LogP contribution < -0.4 is 15.6 Å². The molecule has 0 aliphatic carbocycles. The number of aliphatic hydroxyl groups excluding tert-OH is 3. The number of aryl methyl sites for hydroxylation is 6. The number of benzene rings is 9. The quantitative estimate of drug-likeness (QED) is 0.0330. The summed E-state index contributed by atoms with van der Waals surface area (Å²) in [5.74, 6) is 0.482. The number of hydrogen-bond donors (Lipinski definition) is 3. The fourth-order valence-electron chi connectivity index (χ4n) is 13.2. The summed E-state index contributed by atoms with van der Waals surface area (Å²) in [5, 5.41) is 35.7. The van der Waals surface area contributed by atoms with Crippen molar-refractivity contribution in [3.63, 3.8) is 0 Å². The molecule has 3 aromatic heterocycles. The molecule has 0 amide bonds. The summed E-state index contributed by atoms with van der Waals surface area (Å²) in [6.07, 6.45) is 3.94. The number of pyridine rings is 3. The minimum atomic E-state index is -1.59. The van der Waals surface area contributed by atoms with Gasteiger partial charge in [-0.05, 0) is 102 Å². The third-order valence-corrected chi connectivity index (χ3v) is 25.9. The molecule has 12 aromatic rings. The van der Waals surface area contributed by atoms with Gasteiger partial charge < -0.3 is 15.3 Å². The zero-order valence-electron chi connectivity index (χ0n) is 75.7. The number of rotatable bonds is 18. The van der Waals surface area contributed by atoms with E-state index in [1.54, 1.807) is 0 Å². The van der Waals surface area contributed by atoms with E-state index < -0.39 is 24.2 Å². The van der Waals surface area contributed by atoms with Crippen LogP contribution in [0.25, 0.3) is 99.9 Å². The first kappa shape index (κ1) is 104. The van der Waals surface area contributed by atoms with E-state index >= 15 is 0 Å². The molecule has 0 fully saturated rings. The van der Waals surface area contributed by atoms with Gasteiger partial charge in [0, 0.05) is 114 Å². The number of aliphatic hydroxyl groups is 3. The SMILES string of the molecule is CC(C)C(=O)C=C(O)C(C)C.CC(C)C(=O)C=C(O)C(C)C.CC(C)C(=O)C=C(O)C(C)C.Cc1[c-]c(-c2cc([Si](C)(C)C)c3cc(-c4ccccc4)ccc3n2)cc(C)c1.Cc1[c-]c(-c2ccc3c([Si](C)(C)C)c(-c4ccccc4)ccc3n2)cc(C)c1.Cc1[c-]c(-c2ccc3cc(-c4ccccc4)c([Si](C)(C)C)cc3n2)cc(C)c1.[Ir].[Ir].[Ir]. The molecule has 9 aromatic carbocycles. The van der Waals surface area contributed by atoms with Gasteiger partial charge in [0.05, 0.1) is 58.0 Å². The van der Waals surface area contributed by atoms with Crippen LogP contribution in [0.3, 0.4) is 0 Å². The van der Waals surface area contributed by atoms with Crippen LogP contribution in [0, 0.1) is 95.2 Å². The Hall–Kier alpha value is -8.56. The van der Waals surface area contributed by atoms with E-state index in [0.29, 0.717) is 0 Å². The van der Waals surface area contributed by atoms with E-state index in [9.17, 15) is 29.7 Å². The number of allylic oxidation sites excluding steroid dienone is 6. The van der Waals surface area contributed by atoms with Gasteiger partial charge in [-0.1, -0.05) is 327 Å². The topological polar surface area (TPSA) is 151 Å². The maximum atomic E-state index is 11.0. The Morgan fingerprint density at radius 2 is 0.667 bits per heavy atom. The molecule has 15 heteroatoms. The number of carbonyl (C=O) groups excluding carboxylic acids is 3. The molecule has 0 aliphatic heterocycles. The number of aromatic nitrogens is 3. The molecular weight excluding hydrogens is 2060 g/mol. The maximum Gasteiger partial charge on any atom is 0.161 e. The van der Waals surface area contributed by atoms with Crippen LogP contribution in [0.5, 0.6) is 0 Å². The zero-order valence-corrected chi connectivity index (χ0v) is 85.8. The Labute approximate surface area is 761 Å². The van der Waals surface area contributed by atoms with Crippen LogP contribution in [0.4, 0.5) is 0 Å². The second kappa shape index (κ2) is 46.6. The Morgan fingerprint density at radius 1 is 0.317 bits per heavy atom. The minimum Gasteiger partial charge on any atom is -0.512 e. The van der Waals surface area contributed by atoms with E-state index in [2.05, 4.69) is 319 Å². The zero-order chi connectivity index (χ0) is 86.7. The number of hydrogen-bond acceptors (Lipinski definition) is 9. The largest absolute Gasteiger partial charge is 0.512 e. The van der Waals surface area contributed by atoms with Crippen LogP contribution in [0.2, 0.25) is 58.9 Å². The molecule has 0 unspecified atom stereocenters. The summed E-state index contributed by atoms with van der Waals surface area (Å²) >= 11 is 0. The van der Waals surface area contributed by atoms with E-state index in [1.165, 1.54) is 100 Å². The fourth-order valence-corrected chi connectivity index (χ4v) is 18.4. The Bertz CT molecular complexity index is 5270. The van der Waals surface area contributed by atoms with Gasteiger partial charge >= 0.3 is 0 Å². The van der Waals surface area contributed by atoms with Gasteiger partial charge in [0.1, 0.15) is 0 Å². The van der Waals surface area contributed by atoms with Gasteiger partial charge in [0.25, 0.3) is 0 Å². The molecule has 0 spiro atoms. The Kier molecular flexibility index (Phi) is 40.3. The predicted octanol–water partition coefficient (Wildman–Crippen LogP) is 26.5. The van der Waals surface area contributed by atoms with Crippen LogP contribution in [0.15, 0.2) is 236 Å². The summed E-state index contributed by atoms with van der Waals surface area (Å²) in [6, 6.07) is 82.2. The van der Waals surface area contributed by atoms with Gasteiger partial charge in [-0.3, -0.25) is 29.3 Å². The molecule has 12 rings (SSSR count). The van der Waals surface area contributed by atoms with Crippen LogP contribution in [-0.2, 0) is 74.7 Å². The summed E-state index contributed by atoms with van der Waals surface area (Å²) in [6.45, 7) is 56.3. The molecule has 0 aliphatic rings. The second-order valence-electron chi connectivity index (χ2n) is 35.8. The third kappa shape index (κ3) is 30.5. The van der Waals surface area contributed by atoms with Gasteiger partial charge in [-0.2, -0.15) is 0 Å². The van der Waals surface area contributed by atoms with Crippen molar-refractivity contribution < 1.29 is 90.0 Å². The molecule has 639 valence electrons. The summed E-state index contributed by atoms with van der Waals surface area (Å²) in [4.78, 5) is 48.1. The summed E-state index contributed by atoms with van der Waals surface area (Å²) in [5.41, 5.74) is 24.4. The second-order valence-corrected chi connectivity index (χ2v) is 50.9. The van der Waals surface area contributed by atoms with Gasteiger partial charge in [-0.15, -0.1) is 105 Å². The molecule has 0 saturated carbocycles. The van der Waals surface area contributed by atoms with E-state index in [-0.39, 0.29) is 130 Å². The monoisotopic (exact) mass is 2190 g/mol. The molecule has 3 N–H and O–H groups in total. The molecule has 3 radical (unpaired) electrons. The van der Waals surface area contributed by atoms with E-state index in [4.69, 9.17) is 15.0 Å².